The first-order valence-corrected chi connectivity index (χ1v) is 11.7. The third kappa shape index (κ3) is 5.90. The summed E-state index contributed by atoms with van der Waals surface area (Å²) in [6.07, 6.45) is -2.49. The minimum absolute atomic E-state index is 0.125. The molecule has 0 saturated carbocycles. The molecule has 2 aliphatic rings. The minimum Gasteiger partial charge on any atom is -0.480 e. The Kier molecular flexibility index (Phi) is 8.94. The van der Waals surface area contributed by atoms with E-state index in [4.69, 9.17) is 19.3 Å². The number of nitrogens with zero attached hydrogens (tertiary/aromatic N) is 2. The minimum atomic E-state index is -5.20. The molecule has 2 fully saturated rings. The molecule has 4 unspecified atom stereocenters. The summed E-state index contributed by atoms with van der Waals surface area (Å²) in [5, 5.41) is 29.2. The van der Waals surface area contributed by atoms with Gasteiger partial charge in [-0.2, -0.15) is 16.8 Å². The van der Waals surface area contributed by atoms with Crippen molar-refractivity contribution in [2.45, 2.75) is 35.4 Å². The molecular weight excluding hydrogens is 516 g/mol. The molecule has 0 aromatic carbocycles. The van der Waals surface area contributed by atoms with E-state index in [1.54, 1.807) is 0 Å². The SMILES string of the molecule is O=C(O)C(C(C(=O)O)N1C(=O)CC(S(=O)(=O)O)C1=O)N1C(=O)CC(S(=O)(=O)O)C1=O.OCCO. The van der Waals surface area contributed by atoms with Gasteiger partial charge in [-0.3, -0.25) is 38.1 Å². The Morgan fingerprint density at radius 1 is 0.735 bits per heavy atom. The highest BCUT2D eigenvalue weighted by Gasteiger charge is 2.59. The molecule has 2 aliphatic heterocycles. The zero-order valence-corrected chi connectivity index (χ0v) is 18.2. The van der Waals surface area contributed by atoms with Crippen LogP contribution < -0.4 is 0 Å². The van der Waals surface area contributed by atoms with Gasteiger partial charge < -0.3 is 20.4 Å². The topological polar surface area (TPSA) is 299 Å². The van der Waals surface area contributed by atoms with Gasteiger partial charge in [-0.05, 0) is 0 Å². The van der Waals surface area contributed by atoms with E-state index in [0.29, 0.717) is 0 Å². The molecule has 2 rings (SSSR count). The van der Waals surface area contributed by atoms with Crippen LogP contribution in [-0.2, 0) is 49.0 Å². The Morgan fingerprint density at radius 3 is 1.15 bits per heavy atom. The van der Waals surface area contributed by atoms with Crippen molar-refractivity contribution in [2.75, 3.05) is 13.2 Å². The second-order valence-corrected chi connectivity index (χ2v) is 9.83. The molecule has 2 heterocycles. The van der Waals surface area contributed by atoms with Crippen molar-refractivity contribution in [3.63, 3.8) is 0 Å². The maximum Gasteiger partial charge on any atom is 0.329 e. The molecule has 0 aromatic rings. The normalized spacial score (nSPS) is 22.9. The number of aliphatic hydroxyl groups is 2. The highest BCUT2D eigenvalue weighted by atomic mass is 32.2. The third-order valence-electron chi connectivity index (χ3n) is 4.46. The molecule has 0 radical (unpaired) electrons. The Bertz CT molecular complexity index is 1020. The second-order valence-electron chi connectivity index (χ2n) is 6.63. The largest absolute Gasteiger partial charge is 0.480 e. The Morgan fingerprint density at radius 2 is 1.00 bits per heavy atom. The van der Waals surface area contributed by atoms with Crippen molar-refractivity contribution in [3.05, 3.63) is 0 Å². The van der Waals surface area contributed by atoms with Crippen LogP contribution in [0.3, 0.4) is 0 Å². The van der Waals surface area contributed by atoms with Crippen molar-refractivity contribution in [1.29, 1.82) is 0 Å². The number of carboxylic acid groups (broad SMARTS) is 2. The lowest BCUT2D eigenvalue weighted by Gasteiger charge is -2.32. The van der Waals surface area contributed by atoms with E-state index in [1.807, 2.05) is 0 Å². The standard InChI is InChI=1S/C12H12N2O14S2.C2H6O2/c15-5-1-3(29(23,24)25)9(17)13(5)7(11(19)20)8(12(21)22)14-6(16)2-4(10(14)18)30(26,27)28;3-1-2-4/h3-4,7-8H,1-2H2,(H,19,20)(H,21,22)(H,23,24,25)(H,26,27,28);3-4H,1-2H2. The fourth-order valence-corrected chi connectivity index (χ4v) is 4.51. The number of aliphatic hydroxyl groups excluding tert-OH is 2. The summed E-state index contributed by atoms with van der Waals surface area (Å²) in [4.78, 5) is 71.3. The molecular formula is C14H18N2O16S2. The predicted molar refractivity (Wildman–Crippen MR) is 101 cm³/mol. The van der Waals surface area contributed by atoms with E-state index in [1.165, 1.54) is 0 Å². The third-order valence-corrected chi connectivity index (χ3v) is 6.64. The van der Waals surface area contributed by atoms with Crippen LogP contribution in [0.4, 0.5) is 0 Å². The van der Waals surface area contributed by atoms with Gasteiger partial charge in [0.1, 0.15) is 0 Å². The van der Waals surface area contributed by atoms with Gasteiger partial charge in [0, 0.05) is 0 Å². The molecule has 2 saturated heterocycles. The van der Waals surface area contributed by atoms with Crippen LogP contribution in [0.15, 0.2) is 0 Å². The van der Waals surface area contributed by atoms with Gasteiger partial charge in [-0.25, -0.2) is 9.59 Å². The van der Waals surface area contributed by atoms with Crippen LogP contribution in [0.1, 0.15) is 12.8 Å². The van der Waals surface area contributed by atoms with E-state index < -0.39 is 91.2 Å². The summed E-state index contributed by atoms with van der Waals surface area (Å²) in [6.45, 7) is -0.250. The van der Waals surface area contributed by atoms with E-state index in [-0.39, 0.29) is 23.0 Å². The van der Waals surface area contributed by atoms with E-state index in [9.17, 15) is 55.8 Å². The summed E-state index contributed by atoms with van der Waals surface area (Å²) in [6, 6.07) is -5.72. The quantitative estimate of drug-likeness (QED) is 0.125. The molecule has 0 aromatic heterocycles. The molecule has 6 N–H and O–H groups in total. The number of likely N-dealkylation sites (tertiary alicyclic amines) is 2. The van der Waals surface area contributed by atoms with Crippen molar-refractivity contribution >= 4 is 55.8 Å². The first kappa shape index (κ1) is 29.0. The van der Waals surface area contributed by atoms with Crippen LogP contribution in [-0.4, -0.2) is 128 Å². The monoisotopic (exact) mass is 534 g/mol. The summed E-state index contributed by atoms with van der Waals surface area (Å²) >= 11 is 0. The Hall–Kier alpha value is -3.04. The number of carbonyl (C=O) groups is 6. The lowest BCUT2D eigenvalue weighted by Crippen LogP contribution is -2.62. The lowest BCUT2D eigenvalue weighted by molar-refractivity contribution is -0.167. The van der Waals surface area contributed by atoms with Crippen molar-refractivity contribution in [1.82, 2.24) is 9.80 Å². The maximum absolute atomic E-state index is 12.2. The average Bonchev–Trinajstić information content (AvgIpc) is 3.15. The number of carboxylic acids is 2. The smallest absolute Gasteiger partial charge is 0.329 e. The Labute approximate surface area is 189 Å². The number of imide groups is 2. The highest BCUT2D eigenvalue weighted by Crippen LogP contribution is 2.29. The summed E-state index contributed by atoms with van der Waals surface area (Å²) in [7, 11) is -10.4. The van der Waals surface area contributed by atoms with Crippen LogP contribution >= 0.6 is 0 Å². The van der Waals surface area contributed by atoms with Crippen molar-refractivity contribution in [2.24, 2.45) is 0 Å². The number of hydrogen-bond acceptors (Lipinski definition) is 12. The molecule has 0 spiro atoms. The molecule has 34 heavy (non-hydrogen) atoms. The average molecular weight is 534 g/mol. The fourth-order valence-electron chi connectivity index (χ4n) is 3.07. The second kappa shape index (κ2) is 10.5. The molecule has 0 aliphatic carbocycles. The zero-order chi connectivity index (χ0) is 26.8. The number of rotatable bonds is 8. The zero-order valence-electron chi connectivity index (χ0n) is 16.6. The molecule has 4 amide bonds. The number of amides is 4. The van der Waals surface area contributed by atoms with E-state index in [0.717, 1.165) is 0 Å². The molecule has 4 atom stereocenters. The van der Waals surface area contributed by atoms with Gasteiger partial charge in [0.15, 0.2) is 22.6 Å². The van der Waals surface area contributed by atoms with Gasteiger partial charge in [0.05, 0.1) is 26.1 Å². The maximum atomic E-state index is 12.2. The van der Waals surface area contributed by atoms with Crippen molar-refractivity contribution < 1.29 is 75.1 Å². The van der Waals surface area contributed by atoms with Gasteiger partial charge >= 0.3 is 11.9 Å². The van der Waals surface area contributed by atoms with E-state index >= 15 is 0 Å². The van der Waals surface area contributed by atoms with Crippen LogP contribution in [0.2, 0.25) is 0 Å². The van der Waals surface area contributed by atoms with Crippen LogP contribution in [0, 0.1) is 0 Å². The fraction of sp³-hybridized carbons (Fsp3) is 0.571. The molecule has 18 nitrogen and oxygen atoms in total. The molecule has 0 bridgehead atoms. The number of hydrogen-bond donors (Lipinski definition) is 6. The van der Waals surface area contributed by atoms with Gasteiger partial charge in [0.25, 0.3) is 32.1 Å². The summed E-state index contributed by atoms with van der Waals surface area (Å²) < 4.78 is 62.9. The van der Waals surface area contributed by atoms with Crippen LogP contribution in [0.25, 0.3) is 0 Å². The van der Waals surface area contributed by atoms with Gasteiger partial charge in [-0.1, -0.05) is 0 Å². The summed E-state index contributed by atoms with van der Waals surface area (Å²) in [5.74, 6) is -11.3. The first-order chi connectivity index (χ1) is 15.4. The Balaban J connectivity index is 0.00000133. The van der Waals surface area contributed by atoms with Gasteiger partial charge in [0.2, 0.25) is 11.8 Å². The van der Waals surface area contributed by atoms with E-state index in [2.05, 4.69) is 0 Å². The lowest BCUT2D eigenvalue weighted by atomic mass is 10.1. The first-order valence-electron chi connectivity index (χ1n) is 8.73. The number of aliphatic carboxylic acids is 2. The van der Waals surface area contributed by atoms with Gasteiger partial charge in [-0.15, -0.1) is 0 Å². The summed E-state index contributed by atoms with van der Waals surface area (Å²) in [5.41, 5.74) is 0. The van der Waals surface area contributed by atoms with Crippen LogP contribution in [0.5, 0.6) is 0 Å². The molecule has 192 valence electrons. The predicted octanol–water partition coefficient (Wildman–Crippen LogP) is -5.11. The highest BCUT2D eigenvalue weighted by molar-refractivity contribution is 7.87. The van der Waals surface area contributed by atoms with Crippen molar-refractivity contribution in [3.8, 4) is 0 Å². The molecule has 20 heteroatoms. The number of carbonyl (C=O) groups excluding carboxylic acids is 4.